The van der Waals surface area contributed by atoms with E-state index in [4.69, 9.17) is 4.74 Å². The quantitative estimate of drug-likeness (QED) is 0.546. The standard InChI is InChI=1S/C10H11O/c1-7-4-3-5-10-9(7)6-8(2)11-10/h3,5,8H,6H2,1-2H3. The van der Waals surface area contributed by atoms with Crippen LogP contribution in [0.15, 0.2) is 12.1 Å². The summed E-state index contributed by atoms with van der Waals surface area (Å²) in [5.41, 5.74) is 2.56. The number of rotatable bonds is 0. The third kappa shape index (κ3) is 1.01. The van der Waals surface area contributed by atoms with E-state index in [0.29, 0.717) is 6.10 Å². The van der Waals surface area contributed by atoms with Crippen molar-refractivity contribution in [3.8, 4) is 5.75 Å². The number of hydrogen-bond donors (Lipinski definition) is 0. The molecule has 0 bridgehead atoms. The molecule has 1 aromatic rings. The van der Waals surface area contributed by atoms with Crippen molar-refractivity contribution in [3.05, 3.63) is 29.3 Å². The van der Waals surface area contributed by atoms with E-state index in [9.17, 15) is 0 Å². The first-order valence-electron chi connectivity index (χ1n) is 3.94. The molecule has 11 heavy (non-hydrogen) atoms. The van der Waals surface area contributed by atoms with E-state index >= 15 is 0 Å². The van der Waals surface area contributed by atoms with Crippen molar-refractivity contribution in [3.63, 3.8) is 0 Å². The third-order valence-electron chi connectivity index (χ3n) is 2.10. The minimum absolute atomic E-state index is 0.347. The van der Waals surface area contributed by atoms with Gasteiger partial charge < -0.3 is 4.74 Å². The average molecular weight is 147 g/mol. The molecule has 1 radical (unpaired) electrons. The second-order valence-electron chi connectivity index (χ2n) is 3.08. The van der Waals surface area contributed by atoms with Gasteiger partial charge in [0.25, 0.3) is 0 Å². The minimum Gasteiger partial charge on any atom is -0.490 e. The summed E-state index contributed by atoms with van der Waals surface area (Å²) >= 11 is 0. The maximum Gasteiger partial charge on any atom is 0.123 e. The fourth-order valence-corrected chi connectivity index (χ4v) is 1.52. The molecule has 1 heterocycles. The smallest absolute Gasteiger partial charge is 0.123 e. The zero-order chi connectivity index (χ0) is 7.84. The van der Waals surface area contributed by atoms with E-state index in [1.165, 1.54) is 11.1 Å². The second kappa shape index (κ2) is 2.26. The van der Waals surface area contributed by atoms with Crippen molar-refractivity contribution < 1.29 is 4.74 Å². The van der Waals surface area contributed by atoms with Gasteiger partial charge in [0.1, 0.15) is 11.9 Å². The Bertz CT molecular complexity index is 278. The number of aryl methyl sites for hydroxylation is 1. The van der Waals surface area contributed by atoms with Gasteiger partial charge >= 0.3 is 0 Å². The largest absolute Gasteiger partial charge is 0.490 e. The molecule has 57 valence electrons. The highest BCUT2D eigenvalue weighted by Gasteiger charge is 2.19. The summed E-state index contributed by atoms with van der Waals surface area (Å²) in [4.78, 5) is 0. The van der Waals surface area contributed by atoms with Crippen LogP contribution in [0.5, 0.6) is 5.75 Å². The molecule has 1 aliphatic heterocycles. The maximum absolute atomic E-state index is 5.57. The van der Waals surface area contributed by atoms with Crippen LogP contribution in [0.3, 0.4) is 0 Å². The summed E-state index contributed by atoms with van der Waals surface area (Å²) in [7, 11) is 0. The SMILES string of the molecule is Cc1[c]ccc2c1CC(C)O2. The molecule has 0 aliphatic carbocycles. The molecule has 1 aromatic carbocycles. The van der Waals surface area contributed by atoms with Gasteiger partial charge in [-0.15, -0.1) is 0 Å². The third-order valence-corrected chi connectivity index (χ3v) is 2.10. The summed E-state index contributed by atoms with van der Waals surface area (Å²) < 4.78 is 5.57. The summed E-state index contributed by atoms with van der Waals surface area (Å²) in [5.74, 6) is 1.05. The molecule has 1 unspecified atom stereocenters. The van der Waals surface area contributed by atoms with E-state index in [2.05, 4.69) is 19.9 Å². The van der Waals surface area contributed by atoms with Crippen LogP contribution in [0.4, 0.5) is 0 Å². The Morgan fingerprint density at radius 3 is 3.18 bits per heavy atom. The lowest BCUT2D eigenvalue weighted by Crippen LogP contribution is -2.05. The minimum atomic E-state index is 0.347. The molecule has 0 saturated heterocycles. The molecule has 0 fully saturated rings. The molecule has 1 atom stereocenters. The molecule has 0 spiro atoms. The summed E-state index contributed by atoms with van der Waals surface area (Å²) in [5, 5.41) is 0. The topological polar surface area (TPSA) is 9.23 Å². The summed E-state index contributed by atoms with van der Waals surface area (Å²) in [6.07, 6.45) is 1.39. The van der Waals surface area contributed by atoms with Gasteiger partial charge in [0.2, 0.25) is 0 Å². The summed E-state index contributed by atoms with van der Waals surface area (Å²) in [6, 6.07) is 7.09. The van der Waals surface area contributed by atoms with E-state index in [-0.39, 0.29) is 0 Å². The van der Waals surface area contributed by atoms with Crippen LogP contribution >= 0.6 is 0 Å². The van der Waals surface area contributed by atoms with Gasteiger partial charge in [-0.1, -0.05) is 6.07 Å². The second-order valence-corrected chi connectivity index (χ2v) is 3.08. The lowest BCUT2D eigenvalue weighted by Gasteiger charge is -2.01. The van der Waals surface area contributed by atoms with Gasteiger partial charge in [0, 0.05) is 12.0 Å². The van der Waals surface area contributed by atoms with Gasteiger partial charge in [-0.3, -0.25) is 0 Å². The predicted octanol–water partition coefficient (Wildman–Crippen LogP) is 2.12. The molecule has 1 aliphatic rings. The van der Waals surface area contributed by atoms with Crippen LogP contribution in [0, 0.1) is 13.0 Å². The lowest BCUT2D eigenvalue weighted by atomic mass is 10.1. The van der Waals surface area contributed by atoms with Crippen LogP contribution in [-0.4, -0.2) is 6.10 Å². The predicted molar refractivity (Wildman–Crippen MR) is 43.8 cm³/mol. The molecule has 2 rings (SSSR count). The Balaban J connectivity index is 2.49. The molecule has 0 aromatic heterocycles. The Labute approximate surface area is 67.0 Å². The number of fused-ring (bicyclic) bond motifs is 1. The molecule has 0 amide bonds. The molecule has 1 nitrogen and oxygen atoms in total. The van der Waals surface area contributed by atoms with E-state index in [0.717, 1.165) is 12.2 Å². The highest BCUT2D eigenvalue weighted by atomic mass is 16.5. The van der Waals surface area contributed by atoms with Gasteiger partial charge in [0.05, 0.1) is 0 Å². The fraction of sp³-hybridized carbons (Fsp3) is 0.400. The monoisotopic (exact) mass is 147 g/mol. The van der Waals surface area contributed by atoms with Crippen molar-refractivity contribution in [1.29, 1.82) is 0 Å². The van der Waals surface area contributed by atoms with Gasteiger partial charge in [-0.05, 0) is 31.5 Å². The van der Waals surface area contributed by atoms with Crippen molar-refractivity contribution in [2.75, 3.05) is 0 Å². The maximum atomic E-state index is 5.57. The first kappa shape index (κ1) is 6.71. The van der Waals surface area contributed by atoms with E-state index in [1.807, 2.05) is 12.1 Å². The normalized spacial score (nSPS) is 21.1. The first-order chi connectivity index (χ1) is 5.27. The molecule has 1 heteroatoms. The highest BCUT2D eigenvalue weighted by Crippen LogP contribution is 2.30. The summed E-state index contributed by atoms with van der Waals surface area (Å²) in [6.45, 7) is 4.18. The van der Waals surface area contributed by atoms with Crippen molar-refractivity contribution in [2.24, 2.45) is 0 Å². The van der Waals surface area contributed by atoms with Crippen LogP contribution in [0.2, 0.25) is 0 Å². The lowest BCUT2D eigenvalue weighted by molar-refractivity contribution is 0.254. The van der Waals surface area contributed by atoms with Gasteiger partial charge in [0.15, 0.2) is 0 Å². The number of ether oxygens (including phenoxy) is 1. The Kier molecular flexibility index (Phi) is 1.38. The Hall–Kier alpha value is -0.980. The molecular formula is C10H11O. The van der Waals surface area contributed by atoms with Gasteiger partial charge in [-0.25, -0.2) is 0 Å². The number of benzene rings is 1. The van der Waals surface area contributed by atoms with E-state index < -0.39 is 0 Å². The van der Waals surface area contributed by atoms with Crippen LogP contribution < -0.4 is 4.74 Å². The van der Waals surface area contributed by atoms with Crippen molar-refractivity contribution in [1.82, 2.24) is 0 Å². The van der Waals surface area contributed by atoms with Crippen molar-refractivity contribution >= 4 is 0 Å². The van der Waals surface area contributed by atoms with E-state index in [1.54, 1.807) is 0 Å². The Morgan fingerprint density at radius 1 is 1.64 bits per heavy atom. The van der Waals surface area contributed by atoms with Crippen LogP contribution in [0.1, 0.15) is 18.1 Å². The van der Waals surface area contributed by atoms with Gasteiger partial charge in [-0.2, -0.15) is 0 Å². The molecule has 0 N–H and O–H groups in total. The Morgan fingerprint density at radius 2 is 2.45 bits per heavy atom. The first-order valence-corrected chi connectivity index (χ1v) is 3.94. The number of hydrogen-bond acceptors (Lipinski definition) is 1. The highest BCUT2D eigenvalue weighted by molar-refractivity contribution is 5.42. The average Bonchev–Trinajstić information content (AvgIpc) is 2.31. The van der Waals surface area contributed by atoms with Crippen LogP contribution in [-0.2, 0) is 6.42 Å². The molecular weight excluding hydrogens is 136 g/mol. The van der Waals surface area contributed by atoms with Crippen molar-refractivity contribution in [2.45, 2.75) is 26.4 Å². The molecule has 0 saturated carbocycles. The zero-order valence-electron chi connectivity index (χ0n) is 6.85. The fourth-order valence-electron chi connectivity index (χ4n) is 1.52. The van der Waals surface area contributed by atoms with Crippen LogP contribution in [0.25, 0.3) is 0 Å². The zero-order valence-corrected chi connectivity index (χ0v) is 6.85.